The number of aliphatic hydroxyl groups is 1. The van der Waals surface area contributed by atoms with Gasteiger partial charge >= 0.3 is 0 Å². The van der Waals surface area contributed by atoms with E-state index in [9.17, 15) is 9.59 Å². The third kappa shape index (κ3) is 37.9. The fourth-order valence-corrected chi connectivity index (χ4v) is 2.72. The molecule has 33 heavy (non-hydrogen) atoms. The molecule has 3 nitrogen and oxygen atoms in total. The maximum Gasteiger partial charge on any atom is 0.120 e. The Morgan fingerprint density at radius 3 is 1.30 bits per heavy atom. The fraction of sp³-hybridized carbons (Fsp3) is 0.667. The van der Waals surface area contributed by atoms with Crippen LogP contribution in [0, 0.1) is 11.8 Å². The first-order valence-electron chi connectivity index (χ1n) is 12.5. The summed E-state index contributed by atoms with van der Waals surface area (Å²) in [7, 11) is 0. The van der Waals surface area contributed by atoms with Crippen molar-refractivity contribution in [1.82, 2.24) is 0 Å². The Labute approximate surface area is 206 Å². The summed E-state index contributed by atoms with van der Waals surface area (Å²) in [5.74, 6) is 1.09. The van der Waals surface area contributed by atoms with Gasteiger partial charge in [0, 0.05) is 12.8 Å². The van der Waals surface area contributed by atoms with Gasteiger partial charge in [0.25, 0.3) is 0 Å². The molecule has 0 bridgehead atoms. The van der Waals surface area contributed by atoms with Crippen molar-refractivity contribution in [3.8, 4) is 0 Å². The minimum atomic E-state index is 0.167. The highest BCUT2D eigenvalue weighted by molar-refractivity contribution is 5.49. The molecule has 192 valence electrons. The molecule has 0 aliphatic heterocycles. The largest absolute Gasteiger partial charge is 0.392 e. The second-order valence-corrected chi connectivity index (χ2v) is 9.79. The topological polar surface area (TPSA) is 54.4 Å². The lowest BCUT2D eigenvalue weighted by Crippen LogP contribution is -1.93. The molecule has 0 amide bonds. The minimum absolute atomic E-state index is 0.167. The average molecular weight is 463 g/mol. The summed E-state index contributed by atoms with van der Waals surface area (Å²) in [5.41, 5.74) is 5.36. The number of allylic oxidation sites excluding steroid dienone is 7. The van der Waals surface area contributed by atoms with Gasteiger partial charge in [-0.05, 0) is 98.8 Å². The smallest absolute Gasteiger partial charge is 0.120 e. The van der Waals surface area contributed by atoms with E-state index in [-0.39, 0.29) is 6.61 Å². The number of aldehydes is 2. The lowest BCUT2D eigenvalue weighted by molar-refractivity contribution is -0.109. The zero-order chi connectivity index (χ0) is 26.1. The standard InChI is InChI=1S/3C10H18O/c3*1-9(2)5-4-6-10(3)7-8-11/h2*5,8,10H,4,6-7H2,1-3H3;5,7,11H,4,6,8H2,1-3H3/b;;10-7+. The monoisotopic (exact) mass is 462 g/mol. The minimum Gasteiger partial charge on any atom is -0.392 e. The van der Waals surface area contributed by atoms with E-state index in [4.69, 9.17) is 5.11 Å². The molecule has 0 aromatic carbocycles. The van der Waals surface area contributed by atoms with Crippen LogP contribution in [0.1, 0.15) is 114 Å². The molecular weight excluding hydrogens is 408 g/mol. The molecule has 0 radical (unpaired) electrons. The van der Waals surface area contributed by atoms with Crippen LogP contribution in [0.5, 0.6) is 0 Å². The molecule has 0 fully saturated rings. The van der Waals surface area contributed by atoms with E-state index in [2.05, 4.69) is 80.5 Å². The van der Waals surface area contributed by atoms with Crippen molar-refractivity contribution in [2.24, 2.45) is 11.8 Å². The van der Waals surface area contributed by atoms with E-state index in [1.54, 1.807) is 0 Å². The summed E-state index contributed by atoms with van der Waals surface area (Å²) >= 11 is 0. The van der Waals surface area contributed by atoms with Crippen molar-refractivity contribution in [3.05, 3.63) is 46.6 Å². The number of aliphatic hydroxyl groups excluding tert-OH is 1. The highest BCUT2D eigenvalue weighted by atomic mass is 16.2. The Kier molecular flexibility index (Phi) is 28.8. The number of carbonyl (C=O) groups excluding carboxylic acids is 2. The first-order chi connectivity index (χ1) is 15.5. The van der Waals surface area contributed by atoms with Gasteiger partial charge in [0.05, 0.1) is 6.61 Å². The number of hydrogen-bond donors (Lipinski definition) is 1. The molecule has 0 aliphatic carbocycles. The molecule has 3 heteroatoms. The second-order valence-electron chi connectivity index (χ2n) is 9.79. The normalized spacial score (nSPS) is 12.0. The molecule has 0 aromatic rings. The molecule has 0 spiro atoms. The average Bonchev–Trinajstić information content (AvgIpc) is 2.69. The van der Waals surface area contributed by atoms with E-state index in [0.29, 0.717) is 24.7 Å². The van der Waals surface area contributed by atoms with Crippen molar-refractivity contribution in [1.29, 1.82) is 0 Å². The van der Waals surface area contributed by atoms with Gasteiger partial charge in [-0.1, -0.05) is 60.4 Å². The van der Waals surface area contributed by atoms with Gasteiger partial charge in [0.15, 0.2) is 0 Å². The fourth-order valence-electron chi connectivity index (χ4n) is 2.72. The molecular formula is C30H54O3. The lowest BCUT2D eigenvalue weighted by atomic mass is 10.0. The number of rotatable bonds is 14. The van der Waals surface area contributed by atoms with E-state index >= 15 is 0 Å². The van der Waals surface area contributed by atoms with Gasteiger partial charge in [-0.3, -0.25) is 0 Å². The van der Waals surface area contributed by atoms with Crippen LogP contribution < -0.4 is 0 Å². The Balaban J connectivity index is -0.000000409. The Hall–Kier alpha value is -1.74. The van der Waals surface area contributed by atoms with Crippen LogP contribution in [-0.4, -0.2) is 24.3 Å². The van der Waals surface area contributed by atoms with E-state index < -0.39 is 0 Å². The van der Waals surface area contributed by atoms with Crippen LogP contribution in [0.15, 0.2) is 46.6 Å². The van der Waals surface area contributed by atoms with Gasteiger partial charge < -0.3 is 14.7 Å². The Morgan fingerprint density at radius 2 is 1.00 bits per heavy atom. The molecule has 0 aromatic heterocycles. The van der Waals surface area contributed by atoms with Crippen molar-refractivity contribution in [2.75, 3.05) is 6.61 Å². The molecule has 0 heterocycles. The number of hydrogen-bond acceptors (Lipinski definition) is 3. The molecule has 1 N–H and O–H groups in total. The van der Waals surface area contributed by atoms with E-state index in [1.165, 1.54) is 22.3 Å². The third-order valence-electron chi connectivity index (χ3n) is 4.95. The predicted molar refractivity (Wildman–Crippen MR) is 147 cm³/mol. The Morgan fingerprint density at radius 1 is 0.636 bits per heavy atom. The summed E-state index contributed by atoms with van der Waals surface area (Å²) in [5, 5.41) is 8.55. The van der Waals surface area contributed by atoms with Crippen LogP contribution in [0.25, 0.3) is 0 Å². The summed E-state index contributed by atoms with van der Waals surface area (Å²) in [6, 6.07) is 0. The van der Waals surface area contributed by atoms with Crippen molar-refractivity contribution < 1.29 is 14.7 Å². The van der Waals surface area contributed by atoms with Crippen LogP contribution in [0.3, 0.4) is 0 Å². The highest BCUT2D eigenvalue weighted by Gasteiger charge is 1.98. The molecule has 0 aliphatic rings. The molecule has 0 saturated heterocycles. The predicted octanol–water partition coefficient (Wildman–Crippen LogP) is 8.59. The molecule has 2 unspecified atom stereocenters. The zero-order valence-electron chi connectivity index (χ0n) is 23.2. The van der Waals surface area contributed by atoms with Gasteiger partial charge in [0.1, 0.15) is 12.6 Å². The summed E-state index contributed by atoms with van der Waals surface area (Å²) in [6.45, 7) is 19.1. The van der Waals surface area contributed by atoms with Gasteiger partial charge in [-0.15, -0.1) is 0 Å². The van der Waals surface area contributed by atoms with Crippen LogP contribution in [-0.2, 0) is 9.59 Å². The summed E-state index contributed by atoms with van der Waals surface area (Å²) < 4.78 is 0. The maximum atomic E-state index is 10.1. The van der Waals surface area contributed by atoms with Crippen molar-refractivity contribution in [2.45, 2.75) is 114 Å². The third-order valence-corrected chi connectivity index (χ3v) is 4.95. The highest BCUT2D eigenvalue weighted by Crippen LogP contribution is 2.10. The molecule has 0 saturated carbocycles. The zero-order valence-corrected chi connectivity index (χ0v) is 23.2. The lowest BCUT2D eigenvalue weighted by Gasteiger charge is -2.03. The van der Waals surface area contributed by atoms with E-state index in [0.717, 1.165) is 51.1 Å². The van der Waals surface area contributed by atoms with Gasteiger partial charge in [-0.2, -0.15) is 0 Å². The Bertz CT molecular complexity index is 548. The van der Waals surface area contributed by atoms with Gasteiger partial charge in [0.2, 0.25) is 0 Å². The van der Waals surface area contributed by atoms with Crippen molar-refractivity contribution >= 4 is 12.6 Å². The second kappa shape index (κ2) is 26.5. The van der Waals surface area contributed by atoms with Crippen LogP contribution in [0.4, 0.5) is 0 Å². The van der Waals surface area contributed by atoms with Crippen molar-refractivity contribution in [3.63, 3.8) is 0 Å². The quantitative estimate of drug-likeness (QED) is 0.208. The summed E-state index contributed by atoms with van der Waals surface area (Å²) in [6.07, 6.45) is 18.6. The molecule has 0 rings (SSSR count). The first-order valence-corrected chi connectivity index (χ1v) is 12.5. The van der Waals surface area contributed by atoms with Gasteiger partial charge in [-0.25, -0.2) is 0 Å². The molecule has 2 atom stereocenters. The summed E-state index contributed by atoms with van der Waals surface area (Å²) in [4.78, 5) is 20.2. The number of carbonyl (C=O) groups is 2. The van der Waals surface area contributed by atoms with Crippen LogP contribution in [0.2, 0.25) is 0 Å². The van der Waals surface area contributed by atoms with Crippen LogP contribution >= 0.6 is 0 Å². The van der Waals surface area contributed by atoms with E-state index in [1.807, 2.05) is 6.08 Å². The SMILES string of the molecule is CC(C)=CCC/C(C)=C/CO.CC(C)=CCCC(C)CC=O.CC(C)=CCCC(C)CC=O. The first kappa shape index (κ1) is 35.8. The maximum absolute atomic E-state index is 10.1.